The second-order valence-corrected chi connectivity index (χ2v) is 7.30. The highest BCUT2D eigenvalue weighted by molar-refractivity contribution is 7.89. The molecule has 1 aliphatic rings. The molecule has 1 amide bonds. The summed E-state index contributed by atoms with van der Waals surface area (Å²) in [6.45, 7) is 0.504. The predicted molar refractivity (Wildman–Crippen MR) is 90.9 cm³/mol. The van der Waals surface area contributed by atoms with Gasteiger partial charge in [0.05, 0.1) is 11.4 Å². The van der Waals surface area contributed by atoms with Crippen LogP contribution in [0.15, 0.2) is 47.4 Å². The molecule has 0 fully saturated rings. The summed E-state index contributed by atoms with van der Waals surface area (Å²) in [6, 6.07) is 9.89. The molecule has 2 N–H and O–H groups in total. The van der Waals surface area contributed by atoms with E-state index in [0.717, 1.165) is 0 Å². The third-order valence-corrected chi connectivity index (χ3v) is 5.05. The standard InChI is InChI=1S/C17H17FN2O5S/c18-13-3-1-12(2-4-13)10-19-17(21)11-20-26(22,23)14-5-6-15-16(9-14)25-8-7-24-15/h1-6,9,20H,7-8,10-11H2,(H,19,21). The molecule has 9 heteroatoms. The molecule has 7 nitrogen and oxygen atoms in total. The van der Waals surface area contributed by atoms with Crippen LogP contribution in [0.3, 0.4) is 0 Å². The number of rotatable bonds is 6. The van der Waals surface area contributed by atoms with E-state index in [9.17, 15) is 17.6 Å². The fraction of sp³-hybridized carbons (Fsp3) is 0.235. The Bertz CT molecular complexity index is 900. The summed E-state index contributed by atoms with van der Waals surface area (Å²) in [5, 5.41) is 2.56. The molecule has 0 spiro atoms. The molecule has 0 atom stereocenters. The third-order valence-electron chi connectivity index (χ3n) is 3.65. The van der Waals surface area contributed by atoms with Crippen molar-refractivity contribution in [3.05, 3.63) is 53.8 Å². The SMILES string of the molecule is O=C(CNS(=O)(=O)c1ccc2c(c1)OCCO2)NCc1ccc(F)cc1. The lowest BCUT2D eigenvalue weighted by Gasteiger charge is -2.18. The number of ether oxygens (including phenoxy) is 2. The minimum atomic E-state index is -3.87. The number of hydrogen-bond donors (Lipinski definition) is 2. The van der Waals surface area contributed by atoms with Gasteiger partial charge in [-0.05, 0) is 29.8 Å². The van der Waals surface area contributed by atoms with Crippen LogP contribution in [-0.2, 0) is 21.4 Å². The van der Waals surface area contributed by atoms with E-state index in [4.69, 9.17) is 9.47 Å². The van der Waals surface area contributed by atoms with Gasteiger partial charge < -0.3 is 14.8 Å². The van der Waals surface area contributed by atoms with Gasteiger partial charge in [-0.2, -0.15) is 0 Å². The predicted octanol–water partition coefficient (Wildman–Crippen LogP) is 1.19. The zero-order valence-corrected chi connectivity index (χ0v) is 14.5. The van der Waals surface area contributed by atoms with Crippen LogP contribution < -0.4 is 19.5 Å². The maximum atomic E-state index is 12.8. The van der Waals surface area contributed by atoms with Gasteiger partial charge in [0.15, 0.2) is 11.5 Å². The fourth-order valence-corrected chi connectivity index (χ4v) is 3.30. The zero-order valence-electron chi connectivity index (χ0n) is 13.7. The van der Waals surface area contributed by atoms with Crippen molar-refractivity contribution in [3.8, 4) is 11.5 Å². The van der Waals surface area contributed by atoms with Gasteiger partial charge in [0.1, 0.15) is 19.0 Å². The summed E-state index contributed by atoms with van der Waals surface area (Å²) in [5.74, 6) is -0.0464. The first-order valence-electron chi connectivity index (χ1n) is 7.84. The van der Waals surface area contributed by atoms with Crippen molar-refractivity contribution in [1.82, 2.24) is 10.0 Å². The number of carbonyl (C=O) groups is 1. The van der Waals surface area contributed by atoms with Crippen LogP contribution in [0, 0.1) is 5.82 Å². The molecule has 0 aromatic heterocycles. The van der Waals surface area contributed by atoms with Gasteiger partial charge in [-0.3, -0.25) is 4.79 Å². The number of nitrogens with one attached hydrogen (secondary N) is 2. The molecular formula is C17H17FN2O5S. The quantitative estimate of drug-likeness (QED) is 0.785. The fourth-order valence-electron chi connectivity index (χ4n) is 2.30. The molecule has 1 aliphatic heterocycles. The molecule has 0 aliphatic carbocycles. The molecule has 0 saturated carbocycles. The topological polar surface area (TPSA) is 93.7 Å². The Hall–Kier alpha value is -2.65. The molecule has 0 saturated heterocycles. The van der Waals surface area contributed by atoms with E-state index in [2.05, 4.69) is 10.0 Å². The molecule has 1 heterocycles. The van der Waals surface area contributed by atoms with Gasteiger partial charge >= 0.3 is 0 Å². The molecule has 3 rings (SSSR count). The average Bonchev–Trinajstić information content (AvgIpc) is 2.65. The molecule has 138 valence electrons. The largest absolute Gasteiger partial charge is 0.486 e. The maximum Gasteiger partial charge on any atom is 0.241 e. The Morgan fingerprint density at radius 1 is 1.04 bits per heavy atom. The van der Waals surface area contributed by atoms with Crippen LogP contribution in [0.1, 0.15) is 5.56 Å². The van der Waals surface area contributed by atoms with Crippen molar-refractivity contribution in [2.24, 2.45) is 0 Å². The maximum absolute atomic E-state index is 12.8. The van der Waals surface area contributed by atoms with E-state index in [1.54, 1.807) is 0 Å². The normalized spacial score (nSPS) is 13.3. The Balaban J connectivity index is 1.56. The molecular weight excluding hydrogens is 363 g/mol. The van der Waals surface area contributed by atoms with Crippen LogP contribution in [-0.4, -0.2) is 34.1 Å². The first kappa shape index (κ1) is 18.2. The summed E-state index contributed by atoms with van der Waals surface area (Å²) in [5.41, 5.74) is 0.703. The third kappa shape index (κ3) is 4.50. The lowest BCUT2D eigenvalue weighted by atomic mass is 10.2. The van der Waals surface area contributed by atoms with Crippen molar-refractivity contribution in [3.63, 3.8) is 0 Å². The van der Waals surface area contributed by atoms with Crippen molar-refractivity contribution in [2.75, 3.05) is 19.8 Å². The average molecular weight is 380 g/mol. The van der Waals surface area contributed by atoms with Crippen LogP contribution in [0.25, 0.3) is 0 Å². The van der Waals surface area contributed by atoms with Crippen LogP contribution in [0.2, 0.25) is 0 Å². The Morgan fingerprint density at radius 3 is 2.46 bits per heavy atom. The number of benzene rings is 2. The van der Waals surface area contributed by atoms with Gasteiger partial charge in [-0.25, -0.2) is 17.5 Å². The lowest BCUT2D eigenvalue weighted by Crippen LogP contribution is -2.36. The van der Waals surface area contributed by atoms with E-state index in [1.807, 2.05) is 0 Å². The van der Waals surface area contributed by atoms with Crippen molar-refractivity contribution < 1.29 is 27.1 Å². The monoisotopic (exact) mass is 380 g/mol. The lowest BCUT2D eigenvalue weighted by molar-refractivity contribution is -0.120. The van der Waals surface area contributed by atoms with Gasteiger partial charge in [0.25, 0.3) is 0 Å². The van der Waals surface area contributed by atoms with E-state index in [1.165, 1.54) is 42.5 Å². The van der Waals surface area contributed by atoms with Gasteiger partial charge in [-0.15, -0.1) is 0 Å². The first-order chi connectivity index (χ1) is 12.4. The summed E-state index contributed by atoms with van der Waals surface area (Å²) >= 11 is 0. The molecule has 2 aromatic carbocycles. The Kier molecular flexibility index (Phi) is 5.38. The number of fused-ring (bicyclic) bond motifs is 1. The second-order valence-electron chi connectivity index (χ2n) is 5.53. The second kappa shape index (κ2) is 7.71. The highest BCUT2D eigenvalue weighted by Gasteiger charge is 2.20. The molecule has 0 bridgehead atoms. The minimum absolute atomic E-state index is 0.0203. The molecule has 0 radical (unpaired) electrons. The van der Waals surface area contributed by atoms with Gasteiger partial charge in [0.2, 0.25) is 15.9 Å². The Morgan fingerprint density at radius 2 is 1.73 bits per heavy atom. The number of halogens is 1. The highest BCUT2D eigenvalue weighted by Crippen LogP contribution is 2.32. The summed E-state index contributed by atoms with van der Waals surface area (Å²) in [7, 11) is -3.87. The number of amides is 1. The van der Waals surface area contributed by atoms with Gasteiger partial charge in [0, 0.05) is 12.6 Å². The zero-order chi connectivity index (χ0) is 18.6. The Labute approximate surface area is 150 Å². The molecule has 2 aromatic rings. The first-order valence-corrected chi connectivity index (χ1v) is 9.33. The molecule has 26 heavy (non-hydrogen) atoms. The van der Waals surface area contributed by atoms with Crippen molar-refractivity contribution in [1.29, 1.82) is 0 Å². The summed E-state index contributed by atoms with van der Waals surface area (Å²) < 4.78 is 50.4. The number of hydrogen-bond acceptors (Lipinski definition) is 5. The summed E-state index contributed by atoms with van der Waals surface area (Å²) in [6.07, 6.45) is 0. The van der Waals surface area contributed by atoms with Crippen LogP contribution >= 0.6 is 0 Å². The van der Waals surface area contributed by atoms with Crippen LogP contribution in [0.5, 0.6) is 11.5 Å². The summed E-state index contributed by atoms with van der Waals surface area (Å²) in [4.78, 5) is 11.8. The van der Waals surface area contributed by atoms with E-state index in [0.29, 0.717) is 30.3 Å². The number of sulfonamides is 1. The minimum Gasteiger partial charge on any atom is -0.486 e. The smallest absolute Gasteiger partial charge is 0.241 e. The highest BCUT2D eigenvalue weighted by atomic mass is 32.2. The van der Waals surface area contributed by atoms with Crippen LogP contribution in [0.4, 0.5) is 4.39 Å². The van der Waals surface area contributed by atoms with E-state index in [-0.39, 0.29) is 17.3 Å². The molecule has 0 unspecified atom stereocenters. The van der Waals surface area contributed by atoms with E-state index < -0.39 is 22.5 Å². The van der Waals surface area contributed by atoms with Crippen molar-refractivity contribution in [2.45, 2.75) is 11.4 Å². The van der Waals surface area contributed by atoms with Gasteiger partial charge in [-0.1, -0.05) is 12.1 Å². The van der Waals surface area contributed by atoms with Crippen molar-refractivity contribution >= 4 is 15.9 Å². The number of carbonyl (C=O) groups excluding carboxylic acids is 1. The van der Waals surface area contributed by atoms with E-state index >= 15 is 0 Å².